The first-order valence-corrected chi connectivity index (χ1v) is 3.83. The minimum absolute atomic E-state index is 0.324. The summed E-state index contributed by atoms with van der Waals surface area (Å²) in [7, 11) is 0. The van der Waals surface area contributed by atoms with E-state index < -0.39 is 0 Å². The number of hydrogen-bond acceptors (Lipinski definition) is 4. The molecule has 0 radical (unpaired) electrons. The molecule has 2 heterocycles. The lowest BCUT2D eigenvalue weighted by atomic mass is 10.5. The maximum Gasteiger partial charge on any atom is 0.147 e. The summed E-state index contributed by atoms with van der Waals surface area (Å²) >= 11 is 0. The number of hydrogen-bond donors (Lipinski definition) is 0. The Morgan fingerprint density at radius 3 is 2.09 bits per heavy atom. The van der Waals surface area contributed by atoms with Gasteiger partial charge in [-0.2, -0.15) is 0 Å². The molecule has 0 bridgehead atoms. The molecule has 0 aromatic carbocycles. The average molecular weight is 162 g/mol. The molecule has 0 aromatic heterocycles. The average Bonchev–Trinajstić information content (AvgIpc) is 2.57. The minimum atomic E-state index is 0.324. The molecule has 0 saturated carbocycles. The Morgan fingerprint density at radius 2 is 1.91 bits per heavy atom. The molecule has 4 nitrogen and oxygen atoms in total. The third kappa shape index (κ3) is 4.31. The van der Waals surface area contributed by atoms with Gasteiger partial charge in [0.25, 0.3) is 0 Å². The van der Waals surface area contributed by atoms with Crippen LogP contribution in [0.4, 0.5) is 0 Å². The van der Waals surface area contributed by atoms with Gasteiger partial charge in [-0.25, -0.2) is 9.78 Å². The molecule has 0 N–H and O–H groups in total. The quantitative estimate of drug-likeness (QED) is 0.492. The van der Waals surface area contributed by atoms with Crippen LogP contribution in [0.5, 0.6) is 0 Å². The summed E-state index contributed by atoms with van der Waals surface area (Å²) in [6, 6.07) is 0. The zero-order chi connectivity index (χ0) is 7.94. The molecular formula is C7H14O4. The van der Waals surface area contributed by atoms with Crippen molar-refractivity contribution in [3.05, 3.63) is 0 Å². The lowest BCUT2D eigenvalue weighted by Gasteiger charge is -1.90. The van der Waals surface area contributed by atoms with Crippen molar-refractivity contribution >= 4 is 0 Å². The Bertz CT molecular complexity index is 78.8. The number of rotatable bonds is 0. The smallest absolute Gasteiger partial charge is 0.147 e. The zero-order valence-electron chi connectivity index (χ0n) is 6.75. The van der Waals surface area contributed by atoms with Crippen molar-refractivity contribution in [1.82, 2.24) is 0 Å². The summed E-state index contributed by atoms with van der Waals surface area (Å²) in [5.74, 6) is 0. The van der Waals surface area contributed by atoms with Crippen LogP contribution in [0.15, 0.2) is 0 Å². The van der Waals surface area contributed by atoms with Crippen LogP contribution in [0.1, 0.15) is 13.3 Å². The van der Waals surface area contributed by atoms with Crippen LogP contribution < -0.4 is 0 Å². The van der Waals surface area contributed by atoms with Crippen LogP contribution >= 0.6 is 0 Å². The lowest BCUT2D eigenvalue weighted by Crippen LogP contribution is -2.00. The summed E-state index contributed by atoms with van der Waals surface area (Å²) in [6.45, 7) is 4.80. The maximum atomic E-state index is 4.93. The summed E-state index contributed by atoms with van der Waals surface area (Å²) in [5.41, 5.74) is 0. The van der Waals surface area contributed by atoms with E-state index in [2.05, 4.69) is 9.78 Å². The molecule has 1 atom stereocenters. The third-order valence-corrected chi connectivity index (χ3v) is 1.33. The molecule has 2 fully saturated rings. The molecule has 2 aliphatic rings. The topological polar surface area (TPSA) is 36.9 Å². The summed E-state index contributed by atoms with van der Waals surface area (Å²) < 4.78 is 9.77. The summed E-state index contributed by atoms with van der Waals surface area (Å²) in [5, 5.41) is 0. The van der Waals surface area contributed by atoms with Crippen molar-refractivity contribution in [2.45, 2.75) is 19.4 Å². The highest BCUT2D eigenvalue weighted by molar-refractivity contribution is 4.47. The maximum absolute atomic E-state index is 4.93. The Balaban J connectivity index is 0.000000112. The van der Waals surface area contributed by atoms with E-state index in [-0.39, 0.29) is 0 Å². The molecule has 0 aliphatic carbocycles. The van der Waals surface area contributed by atoms with Gasteiger partial charge in [-0.05, 0) is 6.92 Å². The Labute approximate surface area is 66.3 Å². The highest BCUT2D eigenvalue weighted by Crippen LogP contribution is 1.98. The van der Waals surface area contributed by atoms with Crippen LogP contribution in [0.3, 0.4) is 0 Å². The molecule has 2 rings (SSSR count). The van der Waals surface area contributed by atoms with Crippen LogP contribution in [-0.4, -0.2) is 32.7 Å². The molecule has 4 heteroatoms. The lowest BCUT2D eigenvalue weighted by molar-refractivity contribution is -0.248. The van der Waals surface area contributed by atoms with E-state index in [1.165, 1.54) is 0 Å². The second kappa shape index (κ2) is 5.49. The predicted molar refractivity (Wildman–Crippen MR) is 37.9 cm³/mol. The van der Waals surface area contributed by atoms with Gasteiger partial charge in [-0.1, -0.05) is 0 Å². The fourth-order valence-electron chi connectivity index (χ4n) is 0.721. The molecule has 66 valence electrons. The molecule has 0 aromatic rings. The van der Waals surface area contributed by atoms with Gasteiger partial charge in [0.2, 0.25) is 0 Å². The van der Waals surface area contributed by atoms with Crippen molar-refractivity contribution in [2.24, 2.45) is 0 Å². The van der Waals surface area contributed by atoms with Gasteiger partial charge < -0.3 is 9.47 Å². The van der Waals surface area contributed by atoms with Crippen molar-refractivity contribution in [3.63, 3.8) is 0 Å². The van der Waals surface area contributed by atoms with E-state index in [9.17, 15) is 0 Å². The highest BCUT2D eigenvalue weighted by Gasteiger charge is 2.07. The van der Waals surface area contributed by atoms with Gasteiger partial charge >= 0.3 is 0 Å². The van der Waals surface area contributed by atoms with E-state index in [0.29, 0.717) is 12.9 Å². The van der Waals surface area contributed by atoms with Gasteiger partial charge in [0.05, 0.1) is 25.9 Å². The van der Waals surface area contributed by atoms with Gasteiger partial charge in [0.15, 0.2) is 0 Å². The third-order valence-electron chi connectivity index (χ3n) is 1.33. The SMILES string of the molecule is C1COOC1.CC1COCO1. The first kappa shape index (κ1) is 8.93. The molecule has 0 amide bonds. The zero-order valence-corrected chi connectivity index (χ0v) is 6.75. The van der Waals surface area contributed by atoms with Crippen LogP contribution in [0, 0.1) is 0 Å². The van der Waals surface area contributed by atoms with Crippen LogP contribution in [0.25, 0.3) is 0 Å². The molecule has 11 heavy (non-hydrogen) atoms. The highest BCUT2D eigenvalue weighted by atomic mass is 17.2. The van der Waals surface area contributed by atoms with Gasteiger partial charge in [0.1, 0.15) is 6.79 Å². The van der Waals surface area contributed by atoms with E-state index in [1.54, 1.807) is 0 Å². The second-order valence-corrected chi connectivity index (χ2v) is 2.46. The molecule has 0 spiro atoms. The van der Waals surface area contributed by atoms with Crippen molar-refractivity contribution in [1.29, 1.82) is 0 Å². The monoisotopic (exact) mass is 162 g/mol. The fraction of sp³-hybridized carbons (Fsp3) is 1.00. The van der Waals surface area contributed by atoms with Gasteiger partial charge in [-0.15, -0.1) is 0 Å². The molecular weight excluding hydrogens is 148 g/mol. The van der Waals surface area contributed by atoms with Gasteiger partial charge in [0, 0.05) is 6.42 Å². The van der Waals surface area contributed by atoms with Gasteiger partial charge in [-0.3, -0.25) is 0 Å². The van der Waals surface area contributed by atoms with E-state index in [4.69, 9.17) is 9.47 Å². The van der Waals surface area contributed by atoms with Crippen molar-refractivity contribution < 1.29 is 19.2 Å². The summed E-state index contributed by atoms with van der Waals surface area (Å²) in [4.78, 5) is 8.89. The Morgan fingerprint density at radius 1 is 1.18 bits per heavy atom. The van der Waals surface area contributed by atoms with Crippen molar-refractivity contribution in [3.8, 4) is 0 Å². The first-order chi connectivity index (χ1) is 5.39. The van der Waals surface area contributed by atoms with Crippen molar-refractivity contribution in [2.75, 3.05) is 26.6 Å². The fourth-order valence-corrected chi connectivity index (χ4v) is 0.721. The van der Waals surface area contributed by atoms with Crippen LogP contribution in [0.2, 0.25) is 0 Å². The molecule has 2 aliphatic heterocycles. The van der Waals surface area contributed by atoms with E-state index in [0.717, 1.165) is 26.2 Å². The van der Waals surface area contributed by atoms with E-state index >= 15 is 0 Å². The molecule has 1 unspecified atom stereocenters. The Kier molecular flexibility index (Phi) is 4.45. The first-order valence-electron chi connectivity index (χ1n) is 3.83. The normalized spacial score (nSPS) is 29.7. The largest absolute Gasteiger partial charge is 0.353 e. The summed E-state index contributed by atoms with van der Waals surface area (Å²) in [6.07, 6.45) is 1.38. The second-order valence-electron chi connectivity index (χ2n) is 2.46. The predicted octanol–water partition coefficient (Wildman–Crippen LogP) is 0.718. The number of ether oxygens (including phenoxy) is 2. The molecule has 2 saturated heterocycles. The van der Waals surface area contributed by atoms with E-state index in [1.807, 2.05) is 6.92 Å². The standard InChI is InChI=1S/C4H8O2.C3H6O2/c1-4-2-5-3-6-4;1-2-4-5-3-1/h4H,2-3H2,1H3;1-3H2. The Hall–Kier alpha value is -0.160. The minimum Gasteiger partial charge on any atom is -0.353 e. The van der Waals surface area contributed by atoms with Crippen LogP contribution in [-0.2, 0) is 19.2 Å².